The molecule has 3 heteroatoms. The van der Waals surface area contributed by atoms with Crippen molar-refractivity contribution in [3.05, 3.63) is 23.8 Å². The molecule has 0 nitrogen and oxygen atoms in total. The van der Waals surface area contributed by atoms with Crippen LogP contribution in [0.4, 0.5) is 13.2 Å². The number of halogens is 3. The zero-order valence-corrected chi connectivity index (χ0v) is 10.4. The second kappa shape index (κ2) is 6.77. The highest BCUT2D eigenvalue weighted by molar-refractivity contribution is 5.22. The fourth-order valence-electron chi connectivity index (χ4n) is 1.68. The summed E-state index contributed by atoms with van der Waals surface area (Å²) in [6.45, 7) is 7.71. The molecule has 0 aliphatic carbocycles. The molecule has 0 bridgehead atoms. The van der Waals surface area contributed by atoms with Crippen LogP contribution in [0.1, 0.15) is 40.5 Å². The molecule has 94 valence electrons. The van der Waals surface area contributed by atoms with E-state index in [9.17, 15) is 13.2 Å². The maximum Gasteiger partial charge on any atom is 0.416 e. The lowest BCUT2D eigenvalue weighted by Crippen LogP contribution is -2.09. The van der Waals surface area contributed by atoms with Crippen molar-refractivity contribution in [2.45, 2.75) is 46.7 Å². The van der Waals surface area contributed by atoms with Gasteiger partial charge in [0.1, 0.15) is 0 Å². The molecule has 0 saturated carbocycles. The second-order valence-electron chi connectivity index (χ2n) is 4.61. The maximum atomic E-state index is 12.3. The van der Waals surface area contributed by atoms with Gasteiger partial charge in [0.25, 0.3) is 0 Å². The van der Waals surface area contributed by atoms with Crippen molar-refractivity contribution >= 4 is 0 Å². The summed E-state index contributed by atoms with van der Waals surface area (Å²) in [5, 5.41) is 0. The third kappa shape index (κ3) is 6.70. The average molecular weight is 234 g/mol. The van der Waals surface area contributed by atoms with Gasteiger partial charge in [0.05, 0.1) is 5.57 Å². The molecule has 0 aromatic heterocycles. The third-order valence-electron chi connectivity index (χ3n) is 2.35. The van der Waals surface area contributed by atoms with Crippen LogP contribution in [0.3, 0.4) is 0 Å². The van der Waals surface area contributed by atoms with Crippen molar-refractivity contribution in [2.75, 3.05) is 0 Å². The Morgan fingerprint density at radius 2 is 1.75 bits per heavy atom. The molecule has 0 heterocycles. The molecular weight excluding hydrogens is 213 g/mol. The molecule has 0 rings (SSSR count). The van der Waals surface area contributed by atoms with Crippen LogP contribution < -0.4 is 0 Å². The summed E-state index contributed by atoms with van der Waals surface area (Å²) in [6, 6.07) is 0. The Bertz CT molecular complexity index is 246. The highest BCUT2D eigenvalue weighted by atomic mass is 19.4. The van der Waals surface area contributed by atoms with E-state index in [0.717, 1.165) is 12.5 Å². The first-order chi connectivity index (χ1) is 7.27. The summed E-state index contributed by atoms with van der Waals surface area (Å²) in [5.41, 5.74) is -0.566. The number of hydrogen-bond acceptors (Lipinski definition) is 0. The van der Waals surface area contributed by atoms with E-state index in [2.05, 4.69) is 20.8 Å². The van der Waals surface area contributed by atoms with Crippen LogP contribution in [0.2, 0.25) is 0 Å². The molecule has 0 amide bonds. The van der Waals surface area contributed by atoms with Crippen LogP contribution in [0.25, 0.3) is 0 Å². The number of allylic oxidation sites excluding steroid dienone is 4. The summed E-state index contributed by atoms with van der Waals surface area (Å²) in [6.07, 6.45) is 1.41. The van der Waals surface area contributed by atoms with Crippen molar-refractivity contribution in [3.63, 3.8) is 0 Å². The number of hydrogen-bond donors (Lipinski definition) is 0. The molecule has 0 aliphatic heterocycles. The molecule has 0 aromatic carbocycles. The number of alkyl halides is 3. The van der Waals surface area contributed by atoms with Crippen molar-refractivity contribution in [3.8, 4) is 0 Å². The van der Waals surface area contributed by atoms with E-state index in [1.165, 1.54) is 13.0 Å². The van der Waals surface area contributed by atoms with Crippen molar-refractivity contribution in [1.29, 1.82) is 0 Å². The normalized spacial score (nSPS) is 16.1. The molecular formula is C13H21F3. The zero-order valence-electron chi connectivity index (χ0n) is 10.4. The Labute approximate surface area is 96.2 Å². The first-order valence-electron chi connectivity index (χ1n) is 5.67. The Balaban J connectivity index is 4.19. The van der Waals surface area contributed by atoms with Crippen LogP contribution in [-0.4, -0.2) is 6.18 Å². The van der Waals surface area contributed by atoms with Gasteiger partial charge in [0.2, 0.25) is 0 Å². The van der Waals surface area contributed by atoms with E-state index in [1.54, 1.807) is 6.08 Å². The lowest BCUT2D eigenvalue weighted by Gasteiger charge is -2.11. The van der Waals surface area contributed by atoms with Crippen LogP contribution in [-0.2, 0) is 0 Å². The Hall–Kier alpha value is -0.730. The standard InChI is InChI=1S/C13H21F3/c1-5-12(13(14,15)16)8-6-7-11(4)9-10(2)3/h5-6,8,10-11H,7,9H2,1-4H3/b8-6-,12-5+. The van der Waals surface area contributed by atoms with Gasteiger partial charge in [0, 0.05) is 0 Å². The highest BCUT2D eigenvalue weighted by Gasteiger charge is 2.30. The van der Waals surface area contributed by atoms with Gasteiger partial charge in [-0.1, -0.05) is 39.0 Å². The Kier molecular flexibility index (Phi) is 6.46. The lowest BCUT2D eigenvalue weighted by atomic mass is 9.95. The van der Waals surface area contributed by atoms with Gasteiger partial charge in [-0.2, -0.15) is 13.2 Å². The quantitative estimate of drug-likeness (QED) is 0.579. The average Bonchev–Trinajstić information content (AvgIpc) is 2.08. The van der Waals surface area contributed by atoms with E-state index in [0.29, 0.717) is 18.3 Å². The monoisotopic (exact) mass is 234 g/mol. The predicted molar refractivity (Wildman–Crippen MR) is 62.2 cm³/mol. The zero-order chi connectivity index (χ0) is 12.8. The molecule has 0 radical (unpaired) electrons. The van der Waals surface area contributed by atoms with Gasteiger partial charge < -0.3 is 0 Å². The van der Waals surface area contributed by atoms with Gasteiger partial charge in [-0.15, -0.1) is 0 Å². The van der Waals surface area contributed by atoms with Crippen LogP contribution in [0.5, 0.6) is 0 Å². The summed E-state index contributed by atoms with van der Waals surface area (Å²) < 4.78 is 37.0. The van der Waals surface area contributed by atoms with Gasteiger partial charge >= 0.3 is 6.18 Å². The molecule has 0 spiro atoms. The van der Waals surface area contributed by atoms with Crippen LogP contribution in [0, 0.1) is 11.8 Å². The smallest absolute Gasteiger partial charge is 0.166 e. The minimum Gasteiger partial charge on any atom is -0.166 e. The highest BCUT2D eigenvalue weighted by Crippen LogP contribution is 2.26. The SMILES string of the molecule is C/C=C(\C=C/CC(C)CC(C)C)C(F)(F)F. The largest absolute Gasteiger partial charge is 0.416 e. The third-order valence-corrected chi connectivity index (χ3v) is 2.35. The fourth-order valence-corrected chi connectivity index (χ4v) is 1.68. The molecule has 1 atom stereocenters. The van der Waals surface area contributed by atoms with Crippen molar-refractivity contribution in [1.82, 2.24) is 0 Å². The lowest BCUT2D eigenvalue weighted by molar-refractivity contribution is -0.0883. The Morgan fingerprint density at radius 3 is 2.12 bits per heavy atom. The Morgan fingerprint density at radius 1 is 1.19 bits per heavy atom. The van der Waals surface area contributed by atoms with Crippen LogP contribution in [0.15, 0.2) is 23.8 Å². The van der Waals surface area contributed by atoms with E-state index in [-0.39, 0.29) is 0 Å². The summed E-state index contributed by atoms with van der Waals surface area (Å²) >= 11 is 0. The molecule has 0 aromatic rings. The minimum atomic E-state index is -4.23. The minimum absolute atomic E-state index is 0.433. The molecule has 16 heavy (non-hydrogen) atoms. The van der Waals surface area contributed by atoms with Crippen LogP contribution >= 0.6 is 0 Å². The van der Waals surface area contributed by atoms with Gasteiger partial charge in [0.15, 0.2) is 0 Å². The summed E-state index contributed by atoms with van der Waals surface area (Å²) in [4.78, 5) is 0. The maximum absolute atomic E-state index is 12.3. The van der Waals surface area contributed by atoms with E-state index >= 15 is 0 Å². The van der Waals surface area contributed by atoms with Crippen molar-refractivity contribution < 1.29 is 13.2 Å². The van der Waals surface area contributed by atoms with Gasteiger partial charge in [-0.25, -0.2) is 0 Å². The molecule has 0 fully saturated rings. The fraction of sp³-hybridized carbons (Fsp3) is 0.692. The van der Waals surface area contributed by atoms with E-state index in [1.807, 2.05) is 0 Å². The second-order valence-corrected chi connectivity index (χ2v) is 4.61. The predicted octanol–water partition coefficient (Wildman–Crippen LogP) is 5.12. The van der Waals surface area contributed by atoms with E-state index in [4.69, 9.17) is 0 Å². The molecule has 0 aliphatic rings. The summed E-state index contributed by atoms with van der Waals surface area (Å²) in [5.74, 6) is 1.02. The van der Waals surface area contributed by atoms with Gasteiger partial charge in [-0.3, -0.25) is 0 Å². The molecule has 0 N–H and O–H groups in total. The first-order valence-corrected chi connectivity index (χ1v) is 5.67. The topological polar surface area (TPSA) is 0 Å². The van der Waals surface area contributed by atoms with Crippen molar-refractivity contribution in [2.24, 2.45) is 11.8 Å². The molecule has 1 unspecified atom stereocenters. The van der Waals surface area contributed by atoms with E-state index < -0.39 is 11.7 Å². The first kappa shape index (κ1) is 15.3. The summed E-state index contributed by atoms with van der Waals surface area (Å²) in [7, 11) is 0. The van der Waals surface area contributed by atoms with Gasteiger partial charge in [-0.05, 0) is 31.6 Å². The number of rotatable bonds is 5. The molecule has 0 saturated heterocycles.